The molecule has 0 saturated heterocycles. The van der Waals surface area contributed by atoms with E-state index in [2.05, 4.69) is 45.4 Å². The molecule has 0 aromatic rings. The van der Waals surface area contributed by atoms with E-state index in [0.717, 1.165) is 6.42 Å². The number of ether oxygens (including phenoxy) is 1. The molecule has 0 spiro atoms. The van der Waals surface area contributed by atoms with Gasteiger partial charge in [0.15, 0.2) is 0 Å². The highest BCUT2D eigenvalue weighted by Gasteiger charge is 2.33. The van der Waals surface area contributed by atoms with E-state index in [-0.39, 0.29) is 6.54 Å². The summed E-state index contributed by atoms with van der Waals surface area (Å²) in [4.78, 5) is 3.97. The SMILES string of the molecule is C=CC(N)=NCC(O)COCCC[Si](C)(C)C(C)(C)C. The van der Waals surface area contributed by atoms with Crippen molar-refractivity contribution in [2.45, 2.75) is 57.5 Å². The molecule has 0 aliphatic carbocycles. The monoisotopic (exact) mass is 300 g/mol. The molecule has 0 fully saturated rings. The van der Waals surface area contributed by atoms with Crippen molar-refractivity contribution >= 4 is 13.9 Å². The largest absolute Gasteiger partial charge is 0.389 e. The van der Waals surface area contributed by atoms with Crippen LogP contribution in [0.1, 0.15) is 27.2 Å². The van der Waals surface area contributed by atoms with Crippen molar-refractivity contribution in [2.75, 3.05) is 19.8 Å². The van der Waals surface area contributed by atoms with E-state index >= 15 is 0 Å². The lowest BCUT2D eigenvalue weighted by atomic mass is 10.2. The Labute approximate surface area is 125 Å². The number of nitrogens with two attached hydrogens (primary N) is 1. The van der Waals surface area contributed by atoms with Gasteiger partial charge in [0, 0.05) is 6.61 Å². The maximum atomic E-state index is 9.67. The Morgan fingerprint density at radius 2 is 2.05 bits per heavy atom. The lowest BCUT2D eigenvalue weighted by Crippen LogP contribution is -2.37. The van der Waals surface area contributed by atoms with Crippen LogP contribution in [0.15, 0.2) is 17.6 Å². The molecule has 0 aliphatic heterocycles. The molecule has 4 nitrogen and oxygen atoms in total. The summed E-state index contributed by atoms with van der Waals surface area (Å²) in [6.07, 6.45) is 1.93. The third-order valence-electron chi connectivity index (χ3n) is 4.12. The van der Waals surface area contributed by atoms with E-state index in [0.29, 0.717) is 24.1 Å². The summed E-state index contributed by atoms with van der Waals surface area (Å²) in [7, 11) is -1.21. The fraction of sp³-hybridized carbons (Fsp3) is 0.800. The Hall–Kier alpha value is -0.653. The quantitative estimate of drug-likeness (QED) is 0.298. The Morgan fingerprint density at radius 3 is 2.55 bits per heavy atom. The number of aliphatic hydroxyl groups is 1. The first-order chi connectivity index (χ1) is 9.10. The zero-order chi connectivity index (χ0) is 15.8. The number of hydrogen-bond donors (Lipinski definition) is 2. The molecular formula is C15H32N2O2Si. The third-order valence-corrected chi connectivity index (χ3v) is 9.79. The van der Waals surface area contributed by atoms with Crippen LogP contribution < -0.4 is 5.73 Å². The Kier molecular flexibility index (Phi) is 8.31. The van der Waals surface area contributed by atoms with Crippen LogP contribution in [0.25, 0.3) is 0 Å². The van der Waals surface area contributed by atoms with Crippen LogP contribution in [0.5, 0.6) is 0 Å². The van der Waals surface area contributed by atoms with Gasteiger partial charge in [-0.2, -0.15) is 0 Å². The standard InChI is InChI=1S/C15H32N2O2Si/c1-7-14(16)17-11-13(18)12-19-9-8-10-20(5,6)15(2,3)4/h7,13,18H,1,8-12H2,2-6H3,(H2,16,17). The van der Waals surface area contributed by atoms with Gasteiger partial charge in [0.05, 0.1) is 27.3 Å². The van der Waals surface area contributed by atoms with Crippen molar-refractivity contribution < 1.29 is 9.84 Å². The molecule has 20 heavy (non-hydrogen) atoms. The molecule has 0 aromatic carbocycles. The van der Waals surface area contributed by atoms with Gasteiger partial charge in [-0.3, -0.25) is 4.99 Å². The van der Waals surface area contributed by atoms with Gasteiger partial charge >= 0.3 is 0 Å². The van der Waals surface area contributed by atoms with Crippen molar-refractivity contribution in [3.8, 4) is 0 Å². The van der Waals surface area contributed by atoms with Gasteiger partial charge < -0.3 is 15.6 Å². The molecule has 0 rings (SSSR count). The summed E-state index contributed by atoms with van der Waals surface area (Å²) >= 11 is 0. The van der Waals surface area contributed by atoms with E-state index in [4.69, 9.17) is 10.5 Å². The average Bonchev–Trinajstić information content (AvgIpc) is 2.33. The minimum absolute atomic E-state index is 0.264. The molecule has 0 bridgehead atoms. The lowest BCUT2D eigenvalue weighted by Gasteiger charge is -2.37. The number of rotatable bonds is 9. The second-order valence-corrected chi connectivity index (χ2v) is 12.7. The molecule has 5 heteroatoms. The first-order valence-corrected chi connectivity index (χ1v) is 10.5. The summed E-state index contributed by atoms with van der Waals surface area (Å²) in [6, 6.07) is 1.24. The molecule has 1 atom stereocenters. The molecule has 0 amide bonds. The van der Waals surface area contributed by atoms with Gasteiger partial charge in [-0.1, -0.05) is 46.5 Å². The first-order valence-electron chi connectivity index (χ1n) is 7.28. The molecule has 0 radical (unpaired) electrons. The van der Waals surface area contributed by atoms with Crippen LogP contribution in [-0.2, 0) is 4.74 Å². The first kappa shape index (κ1) is 19.3. The Bertz CT molecular complexity index is 322. The normalized spacial score (nSPS) is 15.2. The fourth-order valence-corrected chi connectivity index (χ4v) is 3.32. The lowest BCUT2D eigenvalue weighted by molar-refractivity contribution is 0.0418. The predicted molar refractivity (Wildman–Crippen MR) is 90.1 cm³/mol. The average molecular weight is 301 g/mol. The van der Waals surface area contributed by atoms with Gasteiger partial charge in [-0.05, 0) is 17.5 Å². The zero-order valence-electron chi connectivity index (χ0n) is 13.8. The van der Waals surface area contributed by atoms with E-state index in [1.165, 1.54) is 12.1 Å². The number of aliphatic imine (C=N–C) groups is 1. The second kappa shape index (κ2) is 8.59. The van der Waals surface area contributed by atoms with Crippen molar-refractivity contribution in [1.82, 2.24) is 0 Å². The van der Waals surface area contributed by atoms with E-state index in [1.807, 2.05) is 0 Å². The smallest absolute Gasteiger partial charge is 0.117 e. The van der Waals surface area contributed by atoms with E-state index in [1.54, 1.807) is 0 Å². The molecule has 0 heterocycles. The van der Waals surface area contributed by atoms with Crippen molar-refractivity contribution in [2.24, 2.45) is 10.7 Å². The van der Waals surface area contributed by atoms with Crippen LogP contribution in [0.3, 0.4) is 0 Å². The summed E-state index contributed by atoms with van der Waals surface area (Å²) in [6.45, 7) is 16.6. The summed E-state index contributed by atoms with van der Waals surface area (Å²) in [5, 5.41) is 10.1. The zero-order valence-corrected chi connectivity index (χ0v) is 14.8. The van der Waals surface area contributed by atoms with Gasteiger partial charge in [0.1, 0.15) is 5.84 Å². The maximum absolute atomic E-state index is 9.67. The molecule has 0 aromatic heterocycles. The minimum Gasteiger partial charge on any atom is -0.389 e. The maximum Gasteiger partial charge on any atom is 0.117 e. The second-order valence-electron chi connectivity index (χ2n) is 6.94. The topological polar surface area (TPSA) is 67.8 Å². The van der Waals surface area contributed by atoms with Crippen molar-refractivity contribution in [3.63, 3.8) is 0 Å². The van der Waals surface area contributed by atoms with Crippen molar-refractivity contribution in [1.29, 1.82) is 0 Å². The molecule has 118 valence electrons. The van der Waals surface area contributed by atoms with Gasteiger partial charge in [0.2, 0.25) is 0 Å². The highest BCUT2D eigenvalue weighted by atomic mass is 28.3. The highest BCUT2D eigenvalue weighted by Crippen LogP contribution is 2.39. The number of hydrogen-bond acceptors (Lipinski definition) is 3. The summed E-state index contributed by atoms with van der Waals surface area (Å²) < 4.78 is 5.51. The number of aliphatic hydroxyl groups excluding tert-OH is 1. The van der Waals surface area contributed by atoms with Crippen molar-refractivity contribution in [3.05, 3.63) is 12.7 Å². The molecule has 1 unspecified atom stereocenters. The third kappa shape index (κ3) is 7.82. The van der Waals surface area contributed by atoms with Crippen LogP contribution in [0.4, 0.5) is 0 Å². The molecule has 0 saturated carbocycles. The van der Waals surface area contributed by atoms with Gasteiger partial charge in [-0.15, -0.1) is 0 Å². The Morgan fingerprint density at radius 1 is 1.45 bits per heavy atom. The summed E-state index contributed by atoms with van der Waals surface area (Å²) in [5.41, 5.74) is 5.47. The molecular weight excluding hydrogens is 268 g/mol. The predicted octanol–water partition coefficient (Wildman–Crippen LogP) is 2.81. The van der Waals surface area contributed by atoms with Gasteiger partial charge in [-0.25, -0.2) is 0 Å². The highest BCUT2D eigenvalue weighted by molar-refractivity contribution is 6.80. The minimum atomic E-state index is -1.21. The van der Waals surface area contributed by atoms with E-state index in [9.17, 15) is 5.11 Å². The van der Waals surface area contributed by atoms with E-state index < -0.39 is 14.2 Å². The van der Waals surface area contributed by atoms with Crippen LogP contribution in [0, 0.1) is 0 Å². The molecule has 3 N–H and O–H groups in total. The van der Waals surface area contributed by atoms with Gasteiger partial charge in [0.25, 0.3) is 0 Å². The van der Waals surface area contributed by atoms with Crippen LogP contribution in [-0.4, -0.2) is 44.9 Å². The summed E-state index contributed by atoms with van der Waals surface area (Å²) in [5.74, 6) is 0.349. The Balaban J connectivity index is 3.80. The number of nitrogens with zero attached hydrogens (tertiary/aromatic N) is 1. The van der Waals surface area contributed by atoms with Crippen LogP contribution >= 0.6 is 0 Å². The van der Waals surface area contributed by atoms with Crippen LogP contribution in [0.2, 0.25) is 24.2 Å². The fourth-order valence-electron chi connectivity index (χ4n) is 1.54. The number of amidine groups is 1. The molecule has 0 aliphatic rings.